The van der Waals surface area contributed by atoms with E-state index in [-0.39, 0.29) is 16.6 Å². The van der Waals surface area contributed by atoms with Crippen LogP contribution < -0.4 is 5.73 Å². The molecule has 0 radical (unpaired) electrons. The Morgan fingerprint density at radius 2 is 2.09 bits per heavy atom. The average molecular weight is 465 g/mol. The van der Waals surface area contributed by atoms with E-state index >= 15 is 8.78 Å². The number of aryl methyl sites for hydroxylation is 1. The molecule has 0 spiro atoms. The molecular formula is C24H22F3N7. The zero-order valence-electron chi connectivity index (χ0n) is 18.6. The average Bonchev–Trinajstić information content (AvgIpc) is 3.17. The van der Waals surface area contributed by atoms with Gasteiger partial charge in [0.05, 0.1) is 28.2 Å². The van der Waals surface area contributed by atoms with Crippen LogP contribution >= 0.6 is 0 Å². The Labute approximate surface area is 194 Å². The van der Waals surface area contributed by atoms with Crippen molar-refractivity contribution in [2.75, 3.05) is 0 Å². The molecule has 1 aliphatic heterocycles. The van der Waals surface area contributed by atoms with Crippen LogP contribution in [0.4, 0.5) is 13.2 Å². The van der Waals surface area contributed by atoms with E-state index in [0.29, 0.717) is 22.6 Å². The maximum absolute atomic E-state index is 15.4. The SMILES string of the molecule is CC1=CC(C2=NN(C(=N)C(F)(F)c3ccc4nn(C)cc4c3F)C(N)C=C2)=CC(C#N)=CCC1. The summed E-state index contributed by atoms with van der Waals surface area (Å²) in [6.07, 6.45) is 9.78. The predicted molar refractivity (Wildman–Crippen MR) is 123 cm³/mol. The molecule has 174 valence electrons. The van der Waals surface area contributed by atoms with Crippen molar-refractivity contribution in [1.29, 1.82) is 10.7 Å². The van der Waals surface area contributed by atoms with E-state index in [1.54, 1.807) is 25.3 Å². The van der Waals surface area contributed by atoms with Crippen LogP contribution in [0.25, 0.3) is 10.9 Å². The number of aromatic nitrogens is 2. The monoisotopic (exact) mass is 465 g/mol. The third-order valence-electron chi connectivity index (χ3n) is 5.59. The Morgan fingerprint density at radius 3 is 2.82 bits per heavy atom. The summed E-state index contributed by atoms with van der Waals surface area (Å²) in [5.74, 6) is -6.45. The van der Waals surface area contributed by atoms with Crippen LogP contribution in [0, 0.1) is 22.6 Å². The molecule has 7 nitrogen and oxygen atoms in total. The number of nitrogens with two attached hydrogens (primary N) is 1. The number of nitrogens with zero attached hydrogens (tertiary/aromatic N) is 5. The van der Waals surface area contributed by atoms with E-state index < -0.39 is 29.3 Å². The molecule has 0 bridgehead atoms. The van der Waals surface area contributed by atoms with Gasteiger partial charge >= 0.3 is 5.92 Å². The maximum atomic E-state index is 15.4. The summed E-state index contributed by atoms with van der Waals surface area (Å²) in [7, 11) is 1.56. The first-order chi connectivity index (χ1) is 16.1. The molecule has 1 aromatic carbocycles. The first-order valence-corrected chi connectivity index (χ1v) is 10.5. The summed E-state index contributed by atoms with van der Waals surface area (Å²) in [5, 5.41) is 26.4. The molecule has 1 atom stereocenters. The number of amidine groups is 1. The molecule has 10 heteroatoms. The van der Waals surface area contributed by atoms with Gasteiger partial charge in [0.15, 0.2) is 5.84 Å². The molecular weight excluding hydrogens is 443 g/mol. The van der Waals surface area contributed by atoms with Crippen molar-refractivity contribution >= 4 is 22.5 Å². The quantitative estimate of drug-likeness (QED) is 0.517. The summed E-state index contributed by atoms with van der Waals surface area (Å²) in [5.41, 5.74) is 7.45. The number of benzene rings is 1. The van der Waals surface area contributed by atoms with Gasteiger partial charge in [0.25, 0.3) is 0 Å². The van der Waals surface area contributed by atoms with Gasteiger partial charge in [-0.05, 0) is 50.1 Å². The van der Waals surface area contributed by atoms with Gasteiger partial charge in [0, 0.05) is 24.4 Å². The van der Waals surface area contributed by atoms with Crippen molar-refractivity contribution in [2.24, 2.45) is 17.9 Å². The summed E-state index contributed by atoms with van der Waals surface area (Å²) in [6.45, 7) is 1.92. The molecule has 0 fully saturated rings. The first-order valence-electron chi connectivity index (χ1n) is 10.5. The van der Waals surface area contributed by atoms with Gasteiger partial charge in [0.1, 0.15) is 12.0 Å². The number of nitriles is 1. The minimum atomic E-state index is -4.02. The topological polar surface area (TPSA) is 107 Å². The highest BCUT2D eigenvalue weighted by atomic mass is 19.3. The van der Waals surface area contributed by atoms with Gasteiger partial charge in [-0.25, -0.2) is 9.40 Å². The predicted octanol–water partition coefficient (Wildman–Crippen LogP) is 4.41. The lowest BCUT2D eigenvalue weighted by Gasteiger charge is -2.31. The fourth-order valence-electron chi connectivity index (χ4n) is 3.82. The molecule has 4 rings (SSSR count). The van der Waals surface area contributed by atoms with Gasteiger partial charge in [-0.3, -0.25) is 10.1 Å². The largest absolute Gasteiger partial charge is 0.333 e. The summed E-state index contributed by atoms with van der Waals surface area (Å²) < 4.78 is 47.1. The molecule has 0 saturated carbocycles. The van der Waals surface area contributed by atoms with E-state index in [9.17, 15) is 9.65 Å². The Kier molecular flexibility index (Phi) is 5.98. The van der Waals surface area contributed by atoms with Gasteiger partial charge in [-0.1, -0.05) is 17.7 Å². The van der Waals surface area contributed by atoms with E-state index in [2.05, 4.69) is 16.3 Å². The standard InChI is InChI=1S/C24H22F3N7/c1-14-4-3-5-15(12-28)11-16(10-14)19-8-9-21(29)34(32-19)23(30)24(26,27)18-6-7-20-17(22(18)25)13-33(2)31-20/h5-11,13,21,30H,3-4,29H2,1-2H3. The lowest BCUT2D eigenvalue weighted by molar-refractivity contribution is 0.0523. The van der Waals surface area contributed by atoms with Crippen molar-refractivity contribution in [3.8, 4) is 6.07 Å². The number of hydrazone groups is 1. The molecule has 2 aliphatic rings. The molecule has 0 saturated heterocycles. The third-order valence-corrected chi connectivity index (χ3v) is 5.59. The zero-order chi connectivity index (χ0) is 24.6. The second-order valence-electron chi connectivity index (χ2n) is 8.17. The summed E-state index contributed by atoms with van der Waals surface area (Å²) >= 11 is 0. The highest BCUT2D eigenvalue weighted by molar-refractivity contribution is 6.12. The van der Waals surface area contributed by atoms with Crippen LogP contribution in [0.5, 0.6) is 0 Å². The second-order valence-corrected chi connectivity index (χ2v) is 8.17. The van der Waals surface area contributed by atoms with E-state index in [1.165, 1.54) is 23.0 Å². The minimum absolute atomic E-state index is 0.0735. The number of rotatable bonds is 3. The molecule has 2 aromatic rings. The number of halogens is 3. The van der Waals surface area contributed by atoms with E-state index in [1.807, 2.05) is 13.0 Å². The fraction of sp³-hybridized carbons (Fsp3) is 0.250. The van der Waals surface area contributed by atoms with Crippen molar-refractivity contribution in [3.63, 3.8) is 0 Å². The smallest absolute Gasteiger partial charge is 0.306 e. The summed E-state index contributed by atoms with van der Waals surface area (Å²) in [4.78, 5) is 0. The molecule has 2 heterocycles. The van der Waals surface area contributed by atoms with Crippen molar-refractivity contribution in [1.82, 2.24) is 14.8 Å². The Balaban J connectivity index is 1.74. The highest BCUT2D eigenvalue weighted by Gasteiger charge is 2.45. The van der Waals surface area contributed by atoms with Crippen LogP contribution in [0.2, 0.25) is 0 Å². The number of allylic oxidation sites excluding steroid dienone is 7. The number of fused-ring (bicyclic) bond motifs is 1. The fourth-order valence-corrected chi connectivity index (χ4v) is 3.82. The van der Waals surface area contributed by atoms with Gasteiger partial charge < -0.3 is 5.73 Å². The van der Waals surface area contributed by atoms with Crippen LogP contribution in [0.1, 0.15) is 25.3 Å². The van der Waals surface area contributed by atoms with Gasteiger partial charge in [-0.15, -0.1) is 0 Å². The van der Waals surface area contributed by atoms with Crippen molar-refractivity contribution in [3.05, 3.63) is 76.8 Å². The third kappa shape index (κ3) is 4.18. The molecule has 0 amide bonds. The normalized spacial score (nSPS) is 19.0. The Bertz CT molecular complexity index is 1370. The lowest BCUT2D eigenvalue weighted by Crippen LogP contribution is -2.49. The van der Waals surface area contributed by atoms with Crippen molar-refractivity contribution < 1.29 is 13.2 Å². The van der Waals surface area contributed by atoms with Gasteiger partial charge in [0.2, 0.25) is 0 Å². The van der Waals surface area contributed by atoms with Crippen LogP contribution in [0.15, 0.2) is 70.5 Å². The number of nitrogens with one attached hydrogen (secondary N) is 1. The summed E-state index contributed by atoms with van der Waals surface area (Å²) in [6, 6.07) is 4.29. The lowest BCUT2D eigenvalue weighted by atomic mass is 9.97. The Morgan fingerprint density at radius 1 is 1.32 bits per heavy atom. The van der Waals surface area contributed by atoms with Crippen LogP contribution in [-0.2, 0) is 13.0 Å². The molecule has 34 heavy (non-hydrogen) atoms. The van der Waals surface area contributed by atoms with Gasteiger partial charge in [-0.2, -0.15) is 24.2 Å². The van der Waals surface area contributed by atoms with Crippen LogP contribution in [-0.4, -0.2) is 32.5 Å². The number of hydrogen-bond acceptors (Lipinski definition) is 5. The first kappa shape index (κ1) is 23.2. The molecule has 3 N–H and O–H groups in total. The Hall–Kier alpha value is -3.97. The molecule has 1 aromatic heterocycles. The molecule has 1 unspecified atom stereocenters. The molecule has 1 aliphatic carbocycles. The highest BCUT2D eigenvalue weighted by Crippen LogP contribution is 2.36. The second kappa shape index (κ2) is 8.76. The maximum Gasteiger partial charge on any atom is 0.333 e. The number of hydrogen-bond donors (Lipinski definition) is 2. The van der Waals surface area contributed by atoms with Crippen molar-refractivity contribution in [2.45, 2.75) is 31.9 Å². The van der Waals surface area contributed by atoms with Crippen LogP contribution in [0.3, 0.4) is 0 Å². The van der Waals surface area contributed by atoms with E-state index in [0.717, 1.165) is 18.1 Å². The minimum Gasteiger partial charge on any atom is -0.306 e. The number of alkyl halides is 2. The van der Waals surface area contributed by atoms with E-state index in [4.69, 9.17) is 11.1 Å². The zero-order valence-corrected chi connectivity index (χ0v) is 18.6.